The third-order valence-electron chi connectivity index (χ3n) is 3.73. The molecule has 0 rings (SSSR count). The molecule has 0 aromatic heterocycles. The molecule has 0 fully saturated rings. The molecular weight excluding hydrogens is 192 g/mol. The van der Waals surface area contributed by atoms with Gasteiger partial charge in [-0.3, -0.25) is 0 Å². The van der Waals surface area contributed by atoms with Gasteiger partial charge in [0, 0.05) is 0 Å². The molecule has 0 saturated carbocycles. The van der Waals surface area contributed by atoms with Crippen molar-refractivity contribution >= 4 is 0 Å². The highest BCUT2D eigenvalue weighted by molar-refractivity contribution is 4.63. The topological polar surface area (TPSA) is 0 Å². The van der Waals surface area contributed by atoms with Crippen LogP contribution in [0.2, 0.25) is 0 Å². The summed E-state index contributed by atoms with van der Waals surface area (Å²) in [5, 5.41) is 0. The molecule has 0 nitrogen and oxygen atoms in total. The Morgan fingerprint density at radius 2 is 1.25 bits per heavy atom. The summed E-state index contributed by atoms with van der Waals surface area (Å²) in [5.74, 6) is 2.76. The second-order valence-electron chi connectivity index (χ2n) is 6.18. The summed E-state index contributed by atoms with van der Waals surface area (Å²) in [5.41, 5.74) is 0. The van der Waals surface area contributed by atoms with Crippen molar-refractivity contribution in [3.05, 3.63) is 0 Å². The van der Waals surface area contributed by atoms with Crippen LogP contribution in [0.15, 0.2) is 0 Å². The van der Waals surface area contributed by atoms with E-state index in [0.717, 1.165) is 17.8 Å². The zero-order valence-electron chi connectivity index (χ0n) is 12.4. The van der Waals surface area contributed by atoms with Crippen molar-refractivity contribution in [3.63, 3.8) is 0 Å². The van der Waals surface area contributed by atoms with E-state index >= 15 is 0 Å². The van der Waals surface area contributed by atoms with Gasteiger partial charge in [-0.1, -0.05) is 86.0 Å². The van der Waals surface area contributed by atoms with Crippen molar-refractivity contribution in [3.8, 4) is 0 Å². The van der Waals surface area contributed by atoms with E-state index in [0.29, 0.717) is 0 Å². The van der Waals surface area contributed by atoms with Crippen LogP contribution in [-0.2, 0) is 0 Å². The van der Waals surface area contributed by atoms with Crippen LogP contribution in [0.25, 0.3) is 0 Å². The Hall–Kier alpha value is 0. The van der Waals surface area contributed by atoms with Gasteiger partial charge in [-0.05, 0) is 17.8 Å². The SMILES string of the molecule is CCCCC(CCCCCC(C)C)C(C)C. The van der Waals surface area contributed by atoms with Gasteiger partial charge in [-0.15, -0.1) is 0 Å². The number of unbranched alkanes of at least 4 members (excludes halogenated alkanes) is 3. The second-order valence-corrected chi connectivity index (χ2v) is 6.18. The first-order valence-corrected chi connectivity index (χ1v) is 7.57. The molecule has 0 aliphatic heterocycles. The van der Waals surface area contributed by atoms with Crippen LogP contribution in [0, 0.1) is 17.8 Å². The highest BCUT2D eigenvalue weighted by atomic mass is 14.2. The predicted octanol–water partition coefficient (Wildman–Crippen LogP) is 6.06. The highest BCUT2D eigenvalue weighted by Gasteiger charge is 2.11. The maximum Gasteiger partial charge on any atom is -0.0391 e. The molecule has 98 valence electrons. The van der Waals surface area contributed by atoms with E-state index in [1.54, 1.807) is 0 Å². The predicted molar refractivity (Wildman–Crippen MR) is 75.8 cm³/mol. The van der Waals surface area contributed by atoms with Crippen LogP contribution in [0.1, 0.15) is 86.0 Å². The monoisotopic (exact) mass is 226 g/mol. The summed E-state index contributed by atoms with van der Waals surface area (Å²) in [7, 11) is 0. The van der Waals surface area contributed by atoms with Crippen molar-refractivity contribution < 1.29 is 0 Å². The van der Waals surface area contributed by atoms with Gasteiger partial charge in [0.25, 0.3) is 0 Å². The molecule has 0 radical (unpaired) electrons. The van der Waals surface area contributed by atoms with Gasteiger partial charge in [0.2, 0.25) is 0 Å². The summed E-state index contributed by atoms with van der Waals surface area (Å²) in [6.45, 7) is 11.8. The normalized spacial score (nSPS) is 13.7. The van der Waals surface area contributed by atoms with E-state index in [4.69, 9.17) is 0 Å². The van der Waals surface area contributed by atoms with Gasteiger partial charge in [0.15, 0.2) is 0 Å². The van der Waals surface area contributed by atoms with E-state index in [9.17, 15) is 0 Å². The molecule has 0 amide bonds. The van der Waals surface area contributed by atoms with Crippen LogP contribution in [0.5, 0.6) is 0 Å². The van der Waals surface area contributed by atoms with E-state index in [-0.39, 0.29) is 0 Å². The molecule has 16 heavy (non-hydrogen) atoms. The number of hydrogen-bond donors (Lipinski definition) is 0. The lowest BCUT2D eigenvalue weighted by Gasteiger charge is -2.20. The molecule has 0 N–H and O–H groups in total. The van der Waals surface area contributed by atoms with Gasteiger partial charge in [0.05, 0.1) is 0 Å². The lowest BCUT2D eigenvalue weighted by molar-refractivity contribution is 0.315. The standard InChI is InChI=1S/C16H34/c1-6-7-12-16(15(4)5)13-10-8-9-11-14(2)3/h14-16H,6-13H2,1-5H3. The first kappa shape index (κ1) is 16.0. The smallest absolute Gasteiger partial charge is 0.0391 e. The Balaban J connectivity index is 3.52. The minimum atomic E-state index is 0.886. The van der Waals surface area contributed by atoms with Crippen LogP contribution < -0.4 is 0 Å². The Morgan fingerprint density at radius 3 is 1.75 bits per heavy atom. The molecule has 0 aliphatic rings. The summed E-state index contributed by atoms with van der Waals surface area (Å²) in [6.07, 6.45) is 11.5. The molecule has 0 bridgehead atoms. The van der Waals surface area contributed by atoms with Gasteiger partial charge < -0.3 is 0 Å². The maximum atomic E-state index is 2.40. The Labute approximate surface area is 104 Å². The van der Waals surface area contributed by atoms with E-state index in [2.05, 4.69) is 34.6 Å². The molecule has 1 unspecified atom stereocenters. The third kappa shape index (κ3) is 9.24. The van der Waals surface area contributed by atoms with Gasteiger partial charge in [-0.2, -0.15) is 0 Å². The Bertz CT molecular complexity index is 135. The van der Waals surface area contributed by atoms with Gasteiger partial charge in [-0.25, -0.2) is 0 Å². The zero-order chi connectivity index (χ0) is 12.4. The average molecular weight is 226 g/mol. The molecular formula is C16H34. The summed E-state index contributed by atoms with van der Waals surface area (Å²) >= 11 is 0. The number of hydrogen-bond acceptors (Lipinski definition) is 0. The largest absolute Gasteiger partial charge is 0.0654 e. The second kappa shape index (κ2) is 10.2. The molecule has 0 aromatic carbocycles. The minimum absolute atomic E-state index is 0.886. The molecule has 0 heteroatoms. The third-order valence-corrected chi connectivity index (χ3v) is 3.73. The Kier molecular flexibility index (Phi) is 10.2. The first-order chi connectivity index (χ1) is 7.57. The quantitative estimate of drug-likeness (QED) is 0.397. The molecule has 0 aromatic rings. The fraction of sp³-hybridized carbons (Fsp3) is 1.00. The lowest BCUT2D eigenvalue weighted by Crippen LogP contribution is -2.08. The Morgan fingerprint density at radius 1 is 0.688 bits per heavy atom. The number of rotatable bonds is 10. The van der Waals surface area contributed by atoms with Gasteiger partial charge in [0.1, 0.15) is 0 Å². The van der Waals surface area contributed by atoms with Gasteiger partial charge >= 0.3 is 0 Å². The van der Waals surface area contributed by atoms with Crippen molar-refractivity contribution in [2.45, 2.75) is 86.0 Å². The van der Waals surface area contributed by atoms with Crippen LogP contribution >= 0.6 is 0 Å². The van der Waals surface area contributed by atoms with Crippen molar-refractivity contribution in [1.82, 2.24) is 0 Å². The molecule has 0 saturated heterocycles. The lowest BCUT2D eigenvalue weighted by atomic mass is 9.86. The van der Waals surface area contributed by atoms with Crippen molar-refractivity contribution in [2.24, 2.45) is 17.8 Å². The molecule has 0 spiro atoms. The van der Waals surface area contributed by atoms with Crippen LogP contribution in [0.4, 0.5) is 0 Å². The molecule has 0 aliphatic carbocycles. The summed E-state index contributed by atoms with van der Waals surface area (Å²) in [4.78, 5) is 0. The van der Waals surface area contributed by atoms with Crippen molar-refractivity contribution in [1.29, 1.82) is 0 Å². The minimum Gasteiger partial charge on any atom is -0.0654 e. The van der Waals surface area contributed by atoms with E-state index < -0.39 is 0 Å². The fourth-order valence-electron chi connectivity index (χ4n) is 2.41. The molecule has 0 heterocycles. The highest BCUT2D eigenvalue weighted by Crippen LogP contribution is 2.24. The first-order valence-electron chi connectivity index (χ1n) is 7.57. The zero-order valence-corrected chi connectivity index (χ0v) is 12.4. The van der Waals surface area contributed by atoms with Crippen LogP contribution in [-0.4, -0.2) is 0 Å². The van der Waals surface area contributed by atoms with Crippen molar-refractivity contribution in [2.75, 3.05) is 0 Å². The van der Waals surface area contributed by atoms with E-state index in [1.807, 2.05) is 0 Å². The molecule has 1 atom stereocenters. The summed E-state index contributed by atoms with van der Waals surface area (Å²) < 4.78 is 0. The fourth-order valence-corrected chi connectivity index (χ4v) is 2.41. The van der Waals surface area contributed by atoms with E-state index in [1.165, 1.54) is 51.4 Å². The van der Waals surface area contributed by atoms with Crippen LogP contribution in [0.3, 0.4) is 0 Å². The average Bonchev–Trinajstić information content (AvgIpc) is 2.21. The maximum absolute atomic E-state index is 2.40. The summed E-state index contributed by atoms with van der Waals surface area (Å²) in [6, 6.07) is 0.